The quantitative estimate of drug-likeness (QED) is 0.783. The number of sulfonamides is 1. The highest BCUT2D eigenvalue weighted by molar-refractivity contribution is 7.89. The number of hydrogen-bond donors (Lipinski definition) is 0. The Morgan fingerprint density at radius 3 is 2.31 bits per heavy atom. The van der Waals surface area contributed by atoms with Crippen LogP contribution in [0, 0.1) is 0 Å². The number of carbonyl (C=O) groups excluding carboxylic acids is 1. The van der Waals surface area contributed by atoms with E-state index in [1.54, 1.807) is 30.1 Å². The maximum absolute atomic E-state index is 12.6. The highest BCUT2D eigenvalue weighted by atomic mass is 35.5. The van der Waals surface area contributed by atoms with E-state index in [0.717, 1.165) is 18.4 Å². The van der Waals surface area contributed by atoms with Gasteiger partial charge in [0.05, 0.1) is 4.90 Å². The van der Waals surface area contributed by atoms with Crippen LogP contribution in [-0.2, 0) is 16.6 Å². The summed E-state index contributed by atoms with van der Waals surface area (Å²) in [5.41, 5.74) is 1.30. The number of nitrogens with zero attached hydrogens (tertiary/aromatic N) is 2. The SMILES string of the molecule is CN(Cc1ccccc1Cl)C(=O)c1ccc(S(=O)(=O)N2CCCC2)cc1. The minimum Gasteiger partial charge on any atom is -0.337 e. The number of rotatable bonds is 5. The lowest BCUT2D eigenvalue weighted by atomic mass is 10.1. The van der Waals surface area contributed by atoms with Gasteiger partial charge in [-0.15, -0.1) is 0 Å². The first-order chi connectivity index (χ1) is 12.4. The molecule has 1 saturated heterocycles. The molecule has 2 aromatic rings. The fourth-order valence-corrected chi connectivity index (χ4v) is 4.73. The summed E-state index contributed by atoms with van der Waals surface area (Å²) in [4.78, 5) is 14.4. The molecular weight excluding hydrogens is 372 g/mol. The van der Waals surface area contributed by atoms with Crippen molar-refractivity contribution in [2.24, 2.45) is 0 Å². The Kier molecular flexibility index (Phi) is 5.65. The van der Waals surface area contributed by atoms with Gasteiger partial charge in [0.25, 0.3) is 5.91 Å². The monoisotopic (exact) mass is 392 g/mol. The van der Waals surface area contributed by atoms with Crippen LogP contribution in [0.4, 0.5) is 0 Å². The van der Waals surface area contributed by atoms with Crippen LogP contribution in [0.25, 0.3) is 0 Å². The standard InChI is InChI=1S/C19H21ClN2O3S/c1-21(14-16-6-2-3-7-18(16)20)19(23)15-8-10-17(11-9-15)26(24,25)22-12-4-5-13-22/h2-3,6-11H,4-5,12-14H2,1H3. The number of hydrogen-bond acceptors (Lipinski definition) is 3. The van der Waals surface area contributed by atoms with E-state index in [-0.39, 0.29) is 10.8 Å². The maximum Gasteiger partial charge on any atom is 0.253 e. The molecule has 7 heteroatoms. The highest BCUT2D eigenvalue weighted by Gasteiger charge is 2.27. The molecule has 5 nitrogen and oxygen atoms in total. The fourth-order valence-electron chi connectivity index (χ4n) is 3.02. The van der Waals surface area contributed by atoms with Gasteiger partial charge < -0.3 is 4.90 Å². The van der Waals surface area contributed by atoms with Crippen molar-refractivity contribution in [3.63, 3.8) is 0 Å². The number of benzene rings is 2. The Morgan fingerprint density at radius 1 is 1.08 bits per heavy atom. The van der Waals surface area contributed by atoms with Crippen molar-refractivity contribution in [1.29, 1.82) is 0 Å². The van der Waals surface area contributed by atoms with Gasteiger partial charge >= 0.3 is 0 Å². The van der Waals surface area contributed by atoms with E-state index >= 15 is 0 Å². The maximum atomic E-state index is 12.6. The van der Waals surface area contributed by atoms with Crippen molar-refractivity contribution in [1.82, 2.24) is 9.21 Å². The van der Waals surface area contributed by atoms with E-state index in [2.05, 4.69) is 0 Å². The lowest BCUT2D eigenvalue weighted by molar-refractivity contribution is 0.0785. The molecule has 0 bridgehead atoms. The molecule has 0 spiro atoms. The summed E-state index contributed by atoms with van der Waals surface area (Å²) in [5, 5.41) is 0.610. The zero-order valence-corrected chi connectivity index (χ0v) is 16.1. The van der Waals surface area contributed by atoms with Gasteiger partial charge in [0, 0.05) is 37.3 Å². The Bertz CT molecular complexity index is 891. The second kappa shape index (κ2) is 7.78. The van der Waals surface area contributed by atoms with Gasteiger partial charge in [-0.25, -0.2) is 8.42 Å². The summed E-state index contributed by atoms with van der Waals surface area (Å²) in [6, 6.07) is 13.5. The summed E-state index contributed by atoms with van der Waals surface area (Å²) < 4.78 is 26.6. The largest absolute Gasteiger partial charge is 0.337 e. The molecule has 1 fully saturated rings. The molecule has 1 aliphatic heterocycles. The number of carbonyl (C=O) groups is 1. The molecule has 1 heterocycles. The normalized spacial score (nSPS) is 15.2. The number of halogens is 1. The van der Waals surface area contributed by atoms with Crippen LogP contribution < -0.4 is 0 Å². The van der Waals surface area contributed by atoms with E-state index in [4.69, 9.17) is 11.6 Å². The molecule has 0 atom stereocenters. The predicted octanol–water partition coefficient (Wildman–Crippen LogP) is 3.40. The first kappa shape index (κ1) is 18.9. The third kappa shape index (κ3) is 3.92. The van der Waals surface area contributed by atoms with Gasteiger partial charge in [-0.3, -0.25) is 4.79 Å². The topological polar surface area (TPSA) is 57.7 Å². The molecule has 0 aromatic heterocycles. The van der Waals surface area contributed by atoms with Gasteiger partial charge in [0.1, 0.15) is 0 Å². The van der Waals surface area contributed by atoms with Gasteiger partial charge in [0.15, 0.2) is 0 Å². The van der Waals surface area contributed by atoms with Crippen molar-refractivity contribution < 1.29 is 13.2 Å². The summed E-state index contributed by atoms with van der Waals surface area (Å²) in [6.07, 6.45) is 1.78. The molecule has 0 N–H and O–H groups in total. The lowest BCUT2D eigenvalue weighted by Crippen LogP contribution is -2.28. The van der Waals surface area contributed by atoms with E-state index in [1.165, 1.54) is 16.4 Å². The second-order valence-electron chi connectivity index (χ2n) is 6.39. The average Bonchev–Trinajstić information content (AvgIpc) is 3.18. The van der Waals surface area contributed by atoms with Crippen LogP contribution in [-0.4, -0.2) is 43.7 Å². The Morgan fingerprint density at radius 2 is 1.69 bits per heavy atom. The fraction of sp³-hybridized carbons (Fsp3) is 0.316. The van der Waals surface area contributed by atoms with Gasteiger partial charge in [0.2, 0.25) is 10.0 Å². The molecule has 1 amide bonds. The molecular formula is C19H21ClN2O3S. The summed E-state index contributed by atoms with van der Waals surface area (Å²) in [7, 11) is -1.77. The van der Waals surface area contributed by atoms with Gasteiger partial charge in [-0.1, -0.05) is 29.8 Å². The minimum atomic E-state index is -3.46. The molecule has 3 rings (SSSR count). The molecule has 0 unspecified atom stereocenters. The Hall–Kier alpha value is -1.89. The predicted molar refractivity (Wildman–Crippen MR) is 102 cm³/mol. The average molecular weight is 393 g/mol. The summed E-state index contributed by atoms with van der Waals surface area (Å²) in [6.45, 7) is 1.50. The highest BCUT2D eigenvalue weighted by Crippen LogP contribution is 2.22. The van der Waals surface area contributed by atoms with Crippen molar-refractivity contribution in [2.75, 3.05) is 20.1 Å². The van der Waals surface area contributed by atoms with Crippen molar-refractivity contribution in [3.05, 3.63) is 64.7 Å². The first-order valence-corrected chi connectivity index (χ1v) is 10.3. The van der Waals surface area contributed by atoms with Crippen molar-refractivity contribution >= 4 is 27.5 Å². The van der Waals surface area contributed by atoms with E-state index in [9.17, 15) is 13.2 Å². The van der Waals surface area contributed by atoms with Gasteiger partial charge in [-0.2, -0.15) is 4.31 Å². The third-order valence-electron chi connectivity index (χ3n) is 4.52. The van der Waals surface area contributed by atoms with Crippen LogP contribution in [0.3, 0.4) is 0 Å². The summed E-state index contributed by atoms with van der Waals surface area (Å²) >= 11 is 6.14. The molecule has 0 aliphatic carbocycles. The smallest absolute Gasteiger partial charge is 0.253 e. The van der Waals surface area contributed by atoms with E-state index < -0.39 is 10.0 Å². The van der Waals surface area contributed by atoms with Crippen LogP contribution in [0.2, 0.25) is 5.02 Å². The molecule has 26 heavy (non-hydrogen) atoms. The lowest BCUT2D eigenvalue weighted by Gasteiger charge is -2.19. The molecule has 0 radical (unpaired) electrons. The zero-order valence-electron chi connectivity index (χ0n) is 14.6. The summed E-state index contributed by atoms with van der Waals surface area (Å²) in [5.74, 6) is -0.185. The first-order valence-electron chi connectivity index (χ1n) is 8.48. The van der Waals surface area contributed by atoms with Crippen LogP contribution in [0.5, 0.6) is 0 Å². The number of amides is 1. The molecule has 2 aromatic carbocycles. The van der Waals surface area contributed by atoms with Crippen LogP contribution in [0.1, 0.15) is 28.8 Å². The Labute approximate surface area is 159 Å². The molecule has 0 saturated carbocycles. The van der Waals surface area contributed by atoms with Gasteiger partial charge in [-0.05, 0) is 48.7 Å². The van der Waals surface area contributed by atoms with Crippen LogP contribution >= 0.6 is 11.6 Å². The minimum absolute atomic E-state index is 0.185. The molecule has 138 valence electrons. The molecule has 1 aliphatic rings. The van der Waals surface area contributed by atoms with Crippen molar-refractivity contribution in [3.8, 4) is 0 Å². The van der Waals surface area contributed by atoms with E-state index in [1.807, 2.05) is 18.2 Å². The van der Waals surface area contributed by atoms with E-state index in [0.29, 0.717) is 30.2 Å². The Balaban J connectivity index is 1.73. The van der Waals surface area contributed by atoms with Crippen molar-refractivity contribution in [2.45, 2.75) is 24.3 Å². The zero-order chi connectivity index (χ0) is 18.7. The van der Waals surface area contributed by atoms with Crippen LogP contribution in [0.15, 0.2) is 53.4 Å². The second-order valence-corrected chi connectivity index (χ2v) is 8.73. The third-order valence-corrected chi connectivity index (χ3v) is 6.80.